The lowest BCUT2D eigenvalue weighted by Gasteiger charge is -2.28. The Hall–Kier alpha value is -1.10. The molecule has 0 spiro atoms. The number of hydrogen-bond donors (Lipinski definition) is 2. The zero-order chi connectivity index (χ0) is 15.0. The van der Waals surface area contributed by atoms with E-state index in [4.69, 9.17) is 16.3 Å². The topological polar surface area (TPSA) is 58.6 Å². The summed E-state index contributed by atoms with van der Waals surface area (Å²) in [5, 5.41) is 13.7. The van der Waals surface area contributed by atoms with Gasteiger partial charge in [0.15, 0.2) is 5.78 Å². The molecule has 0 bridgehead atoms. The molecule has 0 saturated carbocycles. The van der Waals surface area contributed by atoms with Gasteiger partial charge in [0.1, 0.15) is 5.75 Å². The van der Waals surface area contributed by atoms with E-state index < -0.39 is 5.60 Å². The van der Waals surface area contributed by atoms with Crippen LogP contribution in [-0.4, -0.2) is 37.0 Å². The molecule has 1 rings (SSSR count). The number of aliphatic hydroxyl groups is 1. The fourth-order valence-corrected chi connectivity index (χ4v) is 2.10. The van der Waals surface area contributed by atoms with E-state index in [0.29, 0.717) is 19.4 Å². The summed E-state index contributed by atoms with van der Waals surface area (Å²) in [4.78, 5) is 11.1. The fourth-order valence-electron chi connectivity index (χ4n) is 2.01. The van der Waals surface area contributed by atoms with Gasteiger partial charge in [-0.1, -0.05) is 19.1 Å². The van der Waals surface area contributed by atoms with Crippen molar-refractivity contribution < 1.29 is 14.6 Å². The molecule has 0 saturated heterocycles. The molecular weight excluding hydrogens is 278 g/mol. The Labute approximate surface area is 125 Å². The number of ether oxygens (including phenoxy) is 1. The number of nitrogens with one attached hydrogen (secondary N) is 1. The van der Waals surface area contributed by atoms with Gasteiger partial charge in [-0.25, -0.2) is 0 Å². The first kappa shape index (κ1) is 17.0. The first-order valence-electron chi connectivity index (χ1n) is 6.71. The van der Waals surface area contributed by atoms with Crippen LogP contribution in [-0.2, 0) is 10.4 Å². The molecule has 0 heterocycles. The molecule has 0 aliphatic carbocycles. The minimum Gasteiger partial charge on any atom is -0.497 e. The molecule has 0 amide bonds. The summed E-state index contributed by atoms with van der Waals surface area (Å²) in [6, 6.07) is 7.43. The van der Waals surface area contributed by atoms with E-state index in [0.717, 1.165) is 11.3 Å². The van der Waals surface area contributed by atoms with E-state index >= 15 is 0 Å². The van der Waals surface area contributed by atoms with Gasteiger partial charge in [-0.3, -0.25) is 4.79 Å². The quantitative estimate of drug-likeness (QED) is 0.541. The summed E-state index contributed by atoms with van der Waals surface area (Å²) in [7, 11) is 1.60. The summed E-state index contributed by atoms with van der Waals surface area (Å²) in [6.45, 7) is 2.72. The van der Waals surface area contributed by atoms with Crippen LogP contribution in [0.3, 0.4) is 0 Å². The van der Waals surface area contributed by atoms with Crippen molar-refractivity contribution >= 4 is 17.4 Å². The predicted octanol–water partition coefficient (Wildman–Crippen LogP) is 2.08. The zero-order valence-electron chi connectivity index (χ0n) is 12.0. The molecule has 0 aliphatic rings. The molecule has 5 heteroatoms. The first-order chi connectivity index (χ1) is 9.55. The lowest BCUT2D eigenvalue weighted by molar-refractivity contribution is -0.116. The van der Waals surface area contributed by atoms with Crippen molar-refractivity contribution in [2.75, 3.05) is 26.1 Å². The Morgan fingerprint density at radius 1 is 1.50 bits per heavy atom. The summed E-state index contributed by atoms with van der Waals surface area (Å²) in [5.41, 5.74) is -0.101. The third-order valence-corrected chi connectivity index (χ3v) is 3.68. The lowest BCUT2D eigenvalue weighted by Crippen LogP contribution is -2.32. The van der Waals surface area contributed by atoms with Crippen LogP contribution in [0.15, 0.2) is 24.3 Å². The molecule has 0 aliphatic heterocycles. The van der Waals surface area contributed by atoms with Crippen LogP contribution in [0.4, 0.5) is 0 Å². The van der Waals surface area contributed by atoms with Crippen molar-refractivity contribution in [1.29, 1.82) is 0 Å². The van der Waals surface area contributed by atoms with Gasteiger partial charge in [-0.2, -0.15) is 0 Å². The van der Waals surface area contributed by atoms with Gasteiger partial charge in [0.25, 0.3) is 0 Å². The lowest BCUT2D eigenvalue weighted by atomic mass is 9.88. The number of methoxy groups -OCH3 is 1. The van der Waals surface area contributed by atoms with Gasteiger partial charge in [0, 0.05) is 0 Å². The summed E-state index contributed by atoms with van der Waals surface area (Å²) < 4.78 is 5.18. The van der Waals surface area contributed by atoms with Crippen LogP contribution in [0.2, 0.25) is 0 Å². The number of benzene rings is 1. The number of carbonyl (C=O) groups is 1. The molecule has 1 aromatic rings. The monoisotopic (exact) mass is 299 g/mol. The van der Waals surface area contributed by atoms with Crippen LogP contribution in [0.5, 0.6) is 5.75 Å². The van der Waals surface area contributed by atoms with Crippen molar-refractivity contribution in [3.05, 3.63) is 29.8 Å². The van der Waals surface area contributed by atoms with Gasteiger partial charge < -0.3 is 15.2 Å². The largest absolute Gasteiger partial charge is 0.497 e. The molecule has 1 unspecified atom stereocenters. The number of halogens is 1. The Morgan fingerprint density at radius 2 is 2.25 bits per heavy atom. The molecule has 0 aromatic heterocycles. The minimum atomic E-state index is -0.925. The van der Waals surface area contributed by atoms with Gasteiger partial charge in [0.2, 0.25) is 0 Å². The molecular formula is C15H22ClNO3. The summed E-state index contributed by atoms with van der Waals surface area (Å²) in [6.07, 6.45) is 1.11. The Balaban J connectivity index is 2.63. The van der Waals surface area contributed by atoms with Crippen LogP contribution in [0.1, 0.15) is 25.3 Å². The average molecular weight is 300 g/mol. The van der Waals surface area contributed by atoms with Gasteiger partial charge in [-0.05, 0) is 37.1 Å². The zero-order valence-corrected chi connectivity index (χ0v) is 12.7. The fraction of sp³-hybridized carbons (Fsp3) is 0.533. The van der Waals surface area contributed by atoms with E-state index in [1.807, 2.05) is 31.2 Å². The summed E-state index contributed by atoms with van der Waals surface area (Å²) >= 11 is 5.42. The Bertz CT molecular complexity index is 439. The highest BCUT2D eigenvalue weighted by Crippen LogP contribution is 2.30. The standard InChI is InChI=1S/C15H22ClNO3/c1-3-15(19,7-8-17-11-13(18)10-16)12-5-4-6-14(9-12)20-2/h4-6,9,17,19H,3,7-8,10-11H2,1-2H3. The van der Waals surface area contributed by atoms with Crippen molar-refractivity contribution in [2.45, 2.75) is 25.4 Å². The van der Waals surface area contributed by atoms with Crippen molar-refractivity contribution in [2.24, 2.45) is 0 Å². The Morgan fingerprint density at radius 3 is 2.85 bits per heavy atom. The average Bonchev–Trinajstić information content (AvgIpc) is 2.51. The maximum Gasteiger partial charge on any atom is 0.161 e. The van der Waals surface area contributed by atoms with Gasteiger partial charge >= 0.3 is 0 Å². The molecule has 1 atom stereocenters. The molecule has 112 valence electrons. The SMILES string of the molecule is CCC(O)(CCNCC(=O)CCl)c1cccc(OC)c1. The van der Waals surface area contributed by atoms with E-state index in [9.17, 15) is 9.90 Å². The highest BCUT2D eigenvalue weighted by atomic mass is 35.5. The smallest absolute Gasteiger partial charge is 0.161 e. The third-order valence-electron chi connectivity index (χ3n) is 3.38. The van der Waals surface area contributed by atoms with Crippen molar-refractivity contribution in [3.63, 3.8) is 0 Å². The van der Waals surface area contributed by atoms with E-state index in [1.54, 1.807) is 7.11 Å². The van der Waals surface area contributed by atoms with E-state index in [-0.39, 0.29) is 18.2 Å². The molecule has 1 aromatic carbocycles. The van der Waals surface area contributed by atoms with Gasteiger partial charge in [0.05, 0.1) is 25.1 Å². The van der Waals surface area contributed by atoms with Crippen LogP contribution in [0.25, 0.3) is 0 Å². The van der Waals surface area contributed by atoms with Crippen LogP contribution < -0.4 is 10.1 Å². The van der Waals surface area contributed by atoms with E-state index in [1.165, 1.54) is 0 Å². The van der Waals surface area contributed by atoms with Crippen molar-refractivity contribution in [3.8, 4) is 5.75 Å². The molecule has 0 radical (unpaired) electrons. The maximum absolute atomic E-state index is 11.1. The molecule has 2 N–H and O–H groups in total. The Kier molecular flexibility index (Phi) is 6.99. The number of rotatable bonds is 9. The maximum atomic E-state index is 11.1. The minimum absolute atomic E-state index is 0.0148. The number of hydrogen-bond acceptors (Lipinski definition) is 4. The normalized spacial score (nSPS) is 13.8. The number of carbonyl (C=O) groups excluding carboxylic acids is 1. The number of Topliss-reactive ketones (excluding diaryl/α,β-unsaturated/α-hetero) is 1. The predicted molar refractivity (Wildman–Crippen MR) is 80.4 cm³/mol. The summed E-state index contributed by atoms with van der Waals surface area (Å²) in [5.74, 6) is 0.689. The van der Waals surface area contributed by atoms with Gasteiger partial charge in [-0.15, -0.1) is 11.6 Å². The highest BCUT2D eigenvalue weighted by Gasteiger charge is 2.26. The van der Waals surface area contributed by atoms with Crippen LogP contribution in [0, 0.1) is 0 Å². The first-order valence-corrected chi connectivity index (χ1v) is 7.24. The second-order valence-electron chi connectivity index (χ2n) is 4.72. The van der Waals surface area contributed by atoms with Crippen molar-refractivity contribution in [1.82, 2.24) is 5.32 Å². The second kappa shape index (κ2) is 8.25. The highest BCUT2D eigenvalue weighted by molar-refractivity contribution is 6.27. The number of alkyl halides is 1. The molecule has 4 nitrogen and oxygen atoms in total. The molecule has 0 fully saturated rings. The van der Waals surface area contributed by atoms with Crippen LogP contribution >= 0.6 is 11.6 Å². The molecule has 20 heavy (non-hydrogen) atoms. The second-order valence-corrected chi connectivity index (χ2v) is 4.98. The van der Waals surface area contributed by atoms with E-state index in [2.05, 4.69) is 5.32 Å². The number of ketones is 1. The third kappa shape index (κ3) is 4.78.